The Labute approximate surface area is 159 Å². The molecule has 2 N–H and O–H groups in total. The van der Waals surface area contributed by atoms with Gasteiger partial charge in [-0.05, 0) is 80.9 Å². The molecule has 0 saturated heterocycles. The van der Waals surface area contributed by atoms with E-state index in [2.05, 4.69) is 10.6 Å². The fourth-order valence-electron chi connectivity index (χ4n) is 5.59. The van der Waals surface area contributed by atoms with Gasteiger partial charge in [0.1, 0.15) is 11.6 Å². The summed E-state index contributed by atoms with van der Waals surface area (Å²) in [6.07, 6.45) is 9.25. The molecule has 0 spiro atoms. The van der Waals surface area contributed by atoms with E-state index in [-0.39, 0.29) is 11.1 Å². The zero-order valence-electron chi connectivity index (χ0n) is 15.0. The molecule has 0 unspecified atom stereocenters. The van der Waals surface area contributed by atoms with Crippen molar-refractivity contribution in [2.75, 3.05) is 5.32 Å². The van der Waals surface area contributed by atoms with Crippen LogP contribution in [0.3, 0.4) is 0 Å². The monoisotopic (exact) mass is 369 g/mol. The SMILES string of the molecule is Cc1c(Cl)cccc1NC(=O)/C(C#N)=C\NC12CC3CC(CC(C3)C1)C2. The van der Waals surface area contributed by atoms with Gasteiger partial charge in [-0.3, -0.25) is 4.79 Å². The number of benzene rings is 1. The average molecular weight is 370 g/mol. The predicted octanol–water partition coefficient (Wildman–Crippen LogP) is 4.55. The van der Waals surface area contributed by atoms with Crippen molar-refractivity contribution in [1.29, 1.82) is 5.26 Å². The number of carbonyl (C=O) groups excluding carboxylic acids is 1. The lowest BCUT2D eigenvalue weighted by molar-refractivity contribution is -0.112. The Kier molecular flexibility index (Phi) is 4.44. The fourth-order valence-corrected chi connectivity index (χ4v) is 5.77. The summed E-state index contributed by atoms with van der Waals surface area (Å²) in [5.41, 5.74) is 1.63. The Morgan fingerprint density at radius 2 is 1.85 bits per heavy atom. The summed E-state index contributed by atoms with van der Waals surface area (Å²) in [5.74, 6) is 2.05. The van der Waals surface area contributed by atoms with Gasteiger partial charge < -0.3 is 10.6 Å². The first-order valence-electron chi connectivity index (χ1n) is 9.42. The summed E-state index contributed by atoms with van der Waals surface area (Å²) < 4.78 is 0. The van der Waals surface area contributed by atoms with Crippen molar-refractivity contribution in [2.24, 2.45) is 17.8 Å². The van der Waals surface area contributed by atoms with Crippen LogP contribution in [0.25, 0.3) is 0 Å². The molecule has 26 heavy (non-hydrogen) atoms. The Morgan fingerprint density at radius 1 is 1.23 bits per heavy atom. The summed E-state index contributed by atoms with van der Waals surface area (Å²) in [6, 6.07) is 7.40. The number of anilines is 1. The summed E-state index contributed by atoms with van der Waals surface area (Å²) in [7, 11) is 0. The highest BCUT2D eigenvalue weighted by Crippen LogP contribution is 2.55. The van der Waals surface area contributed by atoms with Crippen molar-refractivity contribution in [3.05, 3.63) is 40.6 Å². The number of halogens is 1. The van der Waals surface area contributed by atoms with E-state index in [1.807, 2.05) is 13.0 Å². The van der Waals surface area contributed by atoms with Crippen LogP contribution < -0.4 is 10.6 Å². The van der Waals surface area contributed by atoms with Gasteiger partial charge in [0.25, 0.3) is 5.91 Å². The normalized spacial score (nSPS) is 32.2. The van der Waals surface area contributed by atoms with Gasteiger partial charge in [0.2, 0.25) is 0 Å². The molecule has 0 radical (unpaired) electrons. The number of nitrogens with one attached hydrogen (secondary N) is 2. The molecule has 4 fully saturated rings. The molecule has 1 amide bonds. The number of amides is 1. The third kappa shape index (κ3) is 3.21. The molecule has 5 rings (SSSR count). The molecule has 136 valence electrons. The Hall–Kier alpha value is -1.99. The molecule has 0 aromatic heterocycles. The van der Waals surface area contributed by atoms with Crippen LogP contribution in [0.2, 0.25) is 5.02 Å². The Bertz CT molecular complexity index is 773. The smallest absolute Gasteiger partial charge is 0.267 e. The van der Waals surface area contributed by atoms with E-state index in [1.165, 1.54) is 38.5 Å². The molecule has 0 heterocycles. The first kappa shape index (κ1) is 17.4. The van der Waals surface area contributed by atoms with Crippen LogP contribution >= 0.6 is 11.6 Å². The second kappa shape index (κ2) is 6.63. The topological polar surface area (TPSA) is 64.9 Å². The summed E-state index contributed by atoms with van der Waals surface area (Å²) in [5, 5.41) is 16.4. The van der Waals surface area contributed by atoms with E-state index in [1.54, 1.807) is 24.4 Å². The third-order valence-electron chi connectivity index (χ3n) is 6.44. The predicted molar refractivity (Wildman–Crippen MR) is 103 cm³/mol. The second-order valence-electron chi connectivity index (χ2n) is 8.38. The summed E-state index contributed by atoms with van der Waals surface area (Å²) >= 11 is 6.11. The third-order valence-corrected chi connectivity index (χ3v) is 6.85. The summed E-state index contributed by atoms with van der Waals surface area (Å²) in [4.78, 5) is 12.5. The minimum Gasteiger partial charge on any atom is -0.384 e. The lowest BCUT2D eigenvalue weighted by Gasteiger charge is -2.56. The largest absolute Gasteiger partial charge is 0.384 e. The van der Waals surface area contributed by atoms with E-state index in [4.69, 9.17) is 11.6 Å². The highest BCUT2D eigenvalue weighted by molar-refractivity contribution is 6.31. The van der Waals surface area contributed by atoms with E-state index in [0.29, 0.717) is 10.7 Å². The van der Waals surface area contributed by atoms with Crippen LogP contribution in [-0.4, -0.2) is 11.4 Å². The van der Waals surface area contributed by atoms with Gasteiger partial charge in [-0.1, -0.05) is 17.7 Å². The molecule has 0 aliphatic heterocycles. The minimum absolute atomic E-state index is 0.0864. The maximum Gasteiger partial charge on any atom is 0.267 e. The van der Waals surface area contributed by atoms with Crippen molar-refractivity contribution in [1.82, 2.24) is 5.32 Å². The van der Waals surface area contributed by atoms with Crippen molar-refractivity contribution in [3.63, 3.8) is 0 Å². The quantitative estimate of drug-likeness (QED) is 0.604. The van der Waals surface area contributed by atoms with E-state index >= 15 is 0 Å². The minimum atomic E-state index is -0.393. The molecule has 4 nitrogen and oxygen atoms in total. The van der Waals surface area contributed by atoms with Crippen LogP contribution in [0, 0.1) is 36.0 Å². The molecule has 0 atom stereocenters. The van der Waals surface area contributed by atoms with Gasteiger partial charge in [-0.2, -0.15) is 5.26 Å². The van der Waals surface area contributed by atoms with Crippen LogP contribution in [0.4, 0.5) is 5.69 Å². The van der Waals surface area contributed by atoms with Crippen LogP contribution in [0.5, 0.6) is 0 Å². The molecule has 4 aliphatic rings. The van der Waals surface area contributed by atoms with Gasteiger partial charge in [0.15, 0.2) is 0 Å². The number of nitriles is 1. The lowest BCUT2D eigenvalue weighted by atomic mass is 9.53. The van der Waals surface area contributed by atoms with Gasteiger partial charge >= 0.3 is 0 Å². The lowest BCUT2D eigenvalue weighted by Crippen LogP contribution is -2.57. The summed E-state index contributed by atoms with van der Waals surface area (Å²) in [6.45, 7) is 1.85. The standard InChI is InChI=1S/C21H24ClN3O/c1-13-18(22)3-2-4-19(13)25-20(26)17(11-23)12-24-21-8-14-5-15(9-21)7-16(6-14)10-21/h2-4,12,14-16,24H,5-10H2,1H3,(H,25,26)/b17-12-. The number of rotatable bonds is 4. The zero-order valence-corrected chi connectivity index (χ0v) is 15.8. The fraction of sp³-hybridized carbons (Fsp3) is 0.524. The maximum absolute atomic E-state index is 12.5. The van der Waals surface area contributed by atoms with E-state index < -0.39 is 5.91 Å². The first-order valence-corrected chi connectivity index (χ1v) is 9.80. The maximum atomic E-state index is 12.5. The van der Waals surface area contributed by atoms with E-state index in [0.717, 1.165) is 23.3 Å². The molecular weight excluding hydrogens is 346 g/mol. The zero-order chi connectivity index (χ0) is 18.3. The molecule has 5 heteroatoms. The number of hydrogen-bond acceptors (Lipinski definition) is 3. The van der Waals surface area contributed by atoms with Gasteiger partial charge in [0.05, 0.1) is 0 Å². The van der Waals surface area contributed by atoms with Gasteiger partial charge in [0, 0.05) is 22.4 Å². The molecule has 4 saturated carbocycles. The Morgan fingerprint density at radius 3 is 2.42 bits per heavy atom. The van der Waals surface area contributed by atoms with Crippen molar-refractivity contribution < 1.29 is 4.79 Å². The average Bonchev–Trinajstić information content (AvgIpc) is 2.58. The van der Waals surface area contributed by atoms with Crippen molar-refractivity contribution in [2.45, 2.75) is 51.0 Å². The van der Waals surface area contributed by atoms with Gasteiger partial charge in [-0.15, -0.1) is 0 Å². The van der Waals surface area contributed by atoms with E-state index in [9.17, 15) is 10.1 Å². The first-order chi connectivity index (χ1) is 12.5. The second-order valence-corrected chi connectivity index (χ2v) is 8.79. The van der Waals surface area contributed by atoms with Crippen LogP contribution in [0.15, 0.2) is 30.0 Å². The van der Waals surface area contributed by atoms with Crippen molar-refractivity contribution in [3.8, 4) is 6.07 Å². The highest BCUT2D eigenvalue weighted by atomic mass is 35.5. The van der Waals surface area contributed by atoms with Crippen LogP contribution in [-0.2, 0) is 4.79 Å². The van der Waals surface area contributed by atoms with Gasteiger partial charge in [-0.25, -0.2) is 0 Å². The van der Waals surface area contributed by atoms with Crippen molar-refractivity contribution >= 4 is 23.2 Å². The molecule has 4 aliphatic carbocycles. The molecule has 4 bridgehead atoms. The van der Waals surface area contributed by atoms with Crippen LogP contribution in [0.1, 0.15) is 44.1 Å². The number of nitrogens with zero attached hydrogens (tertiary/aromatic N) is 1. The Balaban J connectivity index is 1.48. The molecule has 1 aromatic carbocycles. The molecule has 1 aromatic rings. The molecular formula is C21H24ClN3O. The number of hydrogen-bond donors (Lipinski definition) is 2. The highest BCUT2D eigenvalue weighted by Gasteiger charge is 2.50. The number of carbonyl (C=O) groups is 1.